The van der Waals surface area contributed by atoms with Crippen molar-refractivity contribution < 1.29 is 19.4 Å². The van der Waals surface area contributed by atoms with Gasteiger partial charge in [-0.2, -0.15) is 0 Å². The van der Waals surface area contributed by atoms with Crippen molar-refractivity contribution in [2.24, 2.45) is 0 Å². The van der Waals surface area contributed by atoms with E-state index in [1.807, 2.05) is 13.0 Å². The molecular weight excluding hydrogens is 268 g/mol. The largest absolute Gasteiger partial charge is 0.481 e. The fourth-order valence-electron chi connectivity index (χ4n) is 1.76. The number of carboxylic acids is 1. The smallest absolute Gasteiger partial charge is 0.306 e. The van der Waals surface area contributed by atoms with E-state index in [9.17, 15) is 9.59 Å². The summed E-state index contributed by atoms with van der Waals surface area (Å²) >= 11 is 0. The number of hydrogen-bond acceptors (Lipinski definition) is 3. The predicted molar refractivity (Wildman–Crippen MR) is 84.1 cm³/mol. The summed E-state index contributed by atoms with van der Waals surface area (Å²) in [6.45, 7) is 6.53. The molecule has 0 aliphatic heterocycles. The highest BCUT2D eigenvalue weighted by molar-refractivity contribution is 5.69. The lowest BCUT2D eigenvalue weighted by atomic mass is 10.1. The summed E-state index contributed by atoms with van der Waals surface area (Å²) in [7, 11) is 0. The summed E-state index contributed by atoms with van der Waals surface area (Å²) in [5.41, 5.74) is 2.54. The standard InChI is InChI=1S/C17H28O4/c1-14(2)8-7-9-15(3)12-13-21-17(20)11-6-4-5-10-16(18)19/h8,12H,4-7,9-11,13H2,1-3H3,(H,18,19)/b15-12+. The molecule has 0 fully saturated rings. The second kappa shape index (κ2) is 12.2. The lowest BCUT2D eigenvalue weighted by molar-refractivity contribution is -0.142. The Kier molecular flexibility index (Phi) is 11.3. The van der Waals surface area contributed by atoms with Gasteiger partial charge in [0, 0.05) is 12.8 Å². The first kappa shape index (κ1) is 19.4. The number of allylic oxidation sites excluding steroid dienone is 3. The number of carbonyl (C=O) groups excluding carboxylic acids is 1. The van der Waals surface area contributed by atoms with Crippen molar-refractivity contribution >= 4 is 11.9 Å². The van der Waals surface area contributed by atoms with Crippen LogP contribution >= 0.6 is 0 Å². The Morgan fingerprint density at radius 2 is 1.62 bits per heavy atom. The molecule has 1 N–H and O–H groups in total. The normalized spacial score (nSPS) is 11.1. The SMILES string of the molecule is CC(C)=CCC/C(C)=C/COC(=O)CCCCCC(=O)O. The summed E-state index contributed by atoms with van der Waals surface area (Å²) in [6, 6.07) is 0. The molecule has 120 valence electrons. The van der Waals surface area contributed by atoms with Crippen LogP contribution in [-0.4, -0.2) is 23.7 Å². The van der Waals surface area contributed by atoms with E-state index < -0.39 is 5.97 Å². The molecule has 0 amide bonds. The van der Waals surface area contributed by atoms with Gasteiger partial charge >= 0.3 is 11.9 Å². The van der Waals surface area contributed by atoms with Gasteiger partial charge in [-0.1, -0.05) is 23.6 Å². The zero-order valence-corrected chi connectivity index (χ0v) is 13.5. The van der Waals surface area contributed by atoms with E-state index in [1.165, 1.54) is 11.1 Å². The van der Waals surface area contributed by atoms with Gasteiger partial charge in [-0.3, -0.25) is 9.59 Å². The molecule has 0 bridgehead atoms. The van der Waals surface area contributed by atoms with Crippen LogP contribution in [0.25, 0.3) is 0 Å². The lowest BCUT2D eigenvalue weighted by Gasteiger charge is -2.03. The van der Waals surface area contributed by atoms with Crippen molar-refractivity contribution in [3.05, 3.63) is 23.3 Å². The molecule has 0 aromatic carbocycles. The highest BCUT2D eigenvalue weighted by atomic mass is 16.5. The summed E-state index contributed by atoms with van der Waals surface area (Å²) in [6.07, 6.45) is 8.73. The molecule has 4 nitrogen and oxygen atoms in total. The highest BCUT2D eigenvalue weighted by Crippen LogP contribution is 2.07. The Morgan fingerprint density at radius 3 is 2.24 bits per heavy atom. The molecule has 0 aromatic rings. The molecule has 0 aliphatic carbocycles. The maximum Gasteiger partial charge on any atom is 0.306 e. The highest BCUT2D eigenvalue weighted by Gasteiger charge is 2.02. The molecule has 0 saturated carbocycles. The summed E-state index contributed by atoms with van der Waals surface area (Å²) in [4.78, 5) is 21.8. The first-order valence-corrected chi connectivity index (χ1v) is 7.58. The first-order chi connectivity index (χ1) is 9.91. The van der Waals surface area contributed by atoms with E-state index in [4.69, 9.17) is 9.84 Å². The monoisotopic (exact) mass is 296 g/mol. The number of ether oxygens (including phenoxy) is 1. The topological polar surface area (TPSA) is 63.6 Å². The maximum absolute atomic E-state index is 11.4. The third-order valence-corrected chi connectivity index (χ3v) is 3.04. The molecule has 0 atom stereocenters. The van der Waals surface area contributed by atoms with Gasteiger partial charge in [0.2, 0.25) is 0 Å². The van der Waals surface area contributed by atoms with E-state index in [1.54, 1.807) is 0 Å². The van der Waals surface area contributed by atoms with Crippen LogP contribution in [-0.2, 0) is 14.3 Å². The van der Waals surface area contributed by atoms with Gasteiger partial charge in [-0.15, -0.1) is 0 Å². The van der Waals surface area contributed by atoms with Gasteiger partial charge in [-0.25, -0.2) is 0 Å². The fraction of sp³-hybridized carbons (Fsp3) is 0.647. The van der Waals surface area contributed by atoms with Crippen molar-refractivity contribution in [1.29, 1.82) is 0 Å². The van der Waals surface area contributed by atoms with E-state index in [2.05, 4.69) is 19.9 Å². The minimum atomic E-state index is -0.786. The van der Waals surface area contributed by atoms with Gasteiger partial charge < -0.3 is 9.84 Å². The Balaban J connectivity index is 3.63. The van der Waals surface area contributed by atoms with Gasteiger partial charge in [0.25, 0.3) is 0 Å². The third kappa shape index (κ3) is 14.6. The van der Waals surface area contributed by atoms with Crippen LogP contribution in [0.1, 0.15) is 65.7 Å². The summed E-state index contributed by atoms with van der Waals surface area (Å²) in [5, 5.41) is 8.48. The summed E-state index contributed by atoms with van der Waals surface area (Å²) in [5.74, 6) is -0.995. The average Bonchev–Trinajstić information content (AvgIpc) is 2.37. The molecule has 4 heteroatoms. The van der Waals surface area contributed by atoms with E-state index in [0.717, 1.165) is 19.3 Å². The zero-order chi connectivity index (χ0) is 16.1. The molecule has 0 rings (SSSR count). The third-order valence-electron chi connectivity index (χ3n) is 3.04. The van der Waals surface area contributed by atoms with Gasteiger partial charge in [-0.05, 0) is 52.5 Å². The molecule has 0 spiro atoms. The Hall–Kier alpha value is -1.58. The molecule has 0 saturated heterocycles. The second-order valence-corrected chi connectivity index (χ2v) is 5.51. The van der Waals surface area contributed by atoms with E-state index in [-0.39, 0.29) is 12.4 Å². The molecule has 0 heterocycles. The van der Waals surface area contributed by atoms with Crippen molar-refractivity contribution in [3.8, 4) is 0 Å². The molecule has 0 aliphatic rings. The molecular formula is C17H28O4. The first-order valence-electron chi connectivity index (χ1n) is 7.58. The van der Waals surface area contributed by atoms with Crippen LogP contribution < -0.4 is 0 Å². The number of carboxylic acid groups (broad SMARTS) is 1. The average molecular weight is 296 g/mol. The Morgan fingerprint density at radius 1 is 0.952 bits per heavy atom. The van der Waals surface area contributed by atoms with Gasteiger partial charge in [0.15, 0.2) is 0 Å². The van der Waals surface area contributed by atoms with Gasteiger partial charge in [0.1, 0.15) is 6.61 Å². The van der Waals surface area contributed by atoms with Crippen LogP contribution in [0.3, 0.4) is 0 Å². The van der Waals surface area contributed by atoms with Crippen LogP contribution in [0.5, 0.6) is 0 Å². The van der Waals surface area contributed by atoms with Crippen LogP contribution in [0.4, 0.5) is 0 Å². The number of carbonyl (C=O) groups is 2. The van der Waals surface area contributed by atoms with Crippen molar-refractivity contribution in [3.63, 3.8) is 0 Å². The van der Waals surface area contributed by atoms with Crippen molar-refractivity contribution in [2.45, 2.75) is 65.7 Å². The van der Waals surface area contributed by atoms with Crippen LogP contribution in [0.2, 0.25) is 0 Å². The maximum atomic E-state index is 11.4. The number of hydrogen-bond donors (Lipinski definition) is 1. The quantitative estimate of drug-likeness (QED) is 0.351. The van der Waals surface area contributed by atoms with Gasteiger partial charge in [0.05, 0.1) is 0 Å². The van der Waals surface area contributed by atoms with E-state index >= 15 is 0 Å². The van der Waals surface area contributed by atoms with E-state index in [0.29, 0.717) is 25.9 Å². The minimum absolute atomic E-state index is 0.169. The second-order valence-electron chi connectivity index (χ2n) is 5.51. The number of rotatable bonds is 11. The molecule has 21 heavy (non-hydrogen) atoms. The summed E-state index contributed by atoms with van der Waals surface area (Å²) < 4.78 is 5.12. The number of unbranched alkanes of at least 4 members (excludes halogenated alkanes) is 2. The lowest BCUT2D eigenvalue weighted by Crippen LogP contribution is -2.04. The number of esters is 1. The zero-order valence-electron chi connectivity index (χ0n) is 13.5. The molecule has 0 aromatic heterocycles. The fourth-order valence-corrected chi connectivity index (χ4v) is 1.76. The predicted octanol–water partition coefficient (Wildman–Crippen LogP) is 4.26. The van der Waals surface area contributed by atoms with Crippen LogP contribution in [0.15, 0.2) is 23.3 Å². The van der Waals surface area contributed by atoms with Crippen molar-refractivity contribution in [2.75, 3.05) is 6.61 Å². The number of aliphatic carboxylic acids is 1. The van der Waals surface area contributed by atoms with Crippen molar-refractivity contribution in [1.82, 2.24) is 0 Å². The molecule has 0 radical (unpaired) electrons. The minimum Gasteiger partial charge on any atom is -0.481 e. The Labute approximate surface area is 127 Å². The molecule has 0 unspecified atom stereocenters. The Bertz CT molecular complexity index is 376. The van der Waals surface area contributed by atoms with Crippen LogP contribution in [0, 0.1) is 0 Å².